The molecule has 0 saturated carbocycles. The van der Waals surface area contributed by atoms with Gasteiger partial charge >= 0.3 is 0 Å². The van der Waals surface area contributed by atoms with Crippen molar-refractivity contribution in [2.75, 3.05) is 26.3 Å². The van der Waals surface area contributed by atoms with E-state index in [-0.39, 0.29) is 18.1 Å². The standard InChI is InChI=1S/C6H10N2O2/c9-5-1-10-4-6(8-5)2-7-3-6/h7H,1-4H2,(H,8,9). The van der Waals surface area contributed by atoms with Crippen molar-refractivity contribution in [2.45, 2.75) is 5.54 Å². The van der Waals surface area contributed by atoms with Crippen LogP contribution in [-0.2, 0) is 9.53 Å². The molecule has 0 aliphatic carbocycles. The Morgan fingerprint density at radius 1 is 1.50 bits per heavy atom. The van der Waals surface area contributed by atoms with Crippen LogP contribution in [0.3, 0.4) is 0 Å². The summed E-state index contributed by atoms with van der Waals surface area (Å²) in [6.07, 6.45) is 0. The van der Waals surface area contributed by atoms with Crippen LogP contribution in [0.2, 0.25) is 0 Å². The van der Waals surface area contributed by atoms with E-state index in [4.69, 9.17) is 4.74 Å². The Kier molecular flexibility index (Phi) is 1.18. The number of carbonyl (C=O) groups is 1. The van der Waals surface area contributed by atoms with Crippen LogP contribution in [-0.4, -0.2) is 37.7 Å². The Morgan fingerprint density at radius 2 is 2.30 bits per heavy atom. The normalized spacial score (nSPS) is 29.4. The molecule has 0 unspecified atom stereocenters. The SMILES string of the molecule is O=C1COCC2(CNC2)N1. The molecular weight excluding hydrogens is 132 g/mol. The van der Waals surface area contributed by atoms with E-state index in [1.807, 2.05) is 0 Å². The molecule has 1 amide bonds. The number of rotatable bonds is 0. The van der Waals surface area contributed by atoms with Crippen LogP contribution in [0.15, 0.2) is 0 Å². The van der Waals surface area contributed by atoms with Crippen molar-refractivity contribution in [3.63, 3.8) is 0 Å². The van der Waals surface area contributed by atoms with Gasteiger partial charge in [0.25, 0.3) is 0 Å². The number of nitrogens with one attached hydrogen (secondary N) is 2. The molecule has 0 aromatic heterocycles. The summed E-state index contributed by atoms with van der Waals surface area (Å²) in [5.74, 6) is 0.00718. The summed E-state index contributed by atoms with van der Waals surface area (Å²) >= 11 is 0. The Bertz CT molecular complexity index is 165. The molecule has 0 bridgehead atoms. The summed E-state index contributed by atoms with van der Waals surface area (Å²) in [7, 11) is 0. The van der Waals surface area contributed by atoms with E-state index in [9.17, 15) is 4.79 Å². The second-order valence-electron chi connectivity index (χ2n) is 2.92. The smallest absolute Gasteiger partial charge is 0.246 e. The highest BCUT2D eigenvalue weighted by molar-refractivity contribution is 5.79. The molecule has 0 radical (unpaired) electrons. The van der Waals surface area contributed by atoms with Crippen LogP contribution in [0, 0.1) is 0 Å². The summed E-state index contributed by atoms with van der Waals surface area (Å²) in [6, 6.07) is 0. The summed E-state index contributed by atoms with van der Waals surface area (Å²) in [5, 5.41) is 6.00. The van der Waals surface area contributed by atoms with E-state index in [1.54, 1.807) is 0 Å². The first-order chi connectivity index (χ1) is 4.81. The minimum absolute atomic E-state index is 0.00718. The molecule has 2 rings (SSSR count). The number of hydrogen-bond donors (Lipinski definition) is 2. The van der Waals surface area contributed by atoms with E-state index in [0.29, 0.717) is 6.61 Å². The third kappa shape index (κ3) is 0.803. The highest BCUT2D eigenvalue weighted by Crippen LogP contribution is 2.13. The zero-order chi connectivity index (χ0) is 7.03. The maximum Gasteiger partial charge on any atom is 0.246 e. The van der Waals surface area contributed by atoms with Crippen LogP contribution < -0.4 is 10.6 Å². The quantitative estimate of drug-likeness (QED) is 0.431. The molecule has 0 aromatic rings. The van der Waals surface area contributed by atoms with Crippen molar-refractivity contribution in [3.05, 3.63) is 0 Å². The van der Waals surface area contributed by atoms with Gasteiger partial charge in [0.1, 0.15) is 6.61 Å². The molecule has 1 spiro atoms. The average molecular weight is 142 g/mol. The van der Waals surface area contributed by atoms with Crippen LogP contribution in [0.1, 0.15) is 0 Å². The number of hydrogen-bond acceptors (Lipinski definition) is 3. The predicted octanol–water partition coefficient (Wildman–Crippen LogP) is -1.53. The van der Waals surface area contributed by atoms with Gasteiger partial charge in [0.2, 0.25) is 5.91 Å². The number of amides is 1. The third-order valence-electron chi connectivity index (χ3n) is 1.94. The molecule has 0 atom stereocenters. The van der Waals surface area contributed by atoms with Crippen molar-refractivity contribution < 1.29 is 9.53 Å². The first kappa shape index (κ1) is 6.12. The molecule has 2 aliphatic heterocycles. The van der Waals surface area contributed by atoms with Crippen molar-refractivity contribution in [2.24, 2.45) is 0 Å². The second-order valence-corrected chi connectivity index (χ2v) is 2.92. The van der Waals surface area contributed by atoms with Crippen LogP contribution >= 0.6 is 0 Å². The number of carbonyl (C=O) groups excluding carboxylic acids is 1. The molecule has 56 valence electrons. The van der Waals surface area contributed by atoms with Gasteiger partial charge in [-0.05, 0) is 0 Å². The van der Waals surface area contributed by atoms with E-state index in [0.717, 1.165) is 13.1 Å². The number of morpholine rings is 1. The molecule has 0 aromatic carbocycles. The fraction of sp³-hybridized carbons (Fsp3) is 0.833. The zero-order valence-corrected chi connectivity index (χ0v) is 5.64. The molecule has 2 fully saturated rings. The van der Waals surface area contributed by atoms with Gasteiger partial charge in [-0.2, -0.15) is 0 Å². The Balaban J connectivity index is 2.02. The summed E-state index contributed by atoms with van der Waals surface area (Å²) < 4.78 is 5.09. The van der Waals surface area contributed by atoms with E-state index in [2.05, 4.69) is 10.6 Å². The van der Waals surface area contributed by atoms with Gasteiger partial charge in [0.15, 0.2) is 0 Å². The Morgan fingerprint density at radius 3 is 2.70 bits per heavy atom. The third-order valence-corrected chi connectivity index (χ3v) is 1.94. The largest absolute Gasteiger partial charge is 0.369 e. The van der Waals surface area contributed by atoms with Gasteiger partial charge in [-0.15, -0.1) is 0 Å². The first-order valence-corrected chi connectivity index (χ1v) is 3.40. The van der Waals surface area contributed by atoms with Crippen LogP contribution in [0.5, 0.6) is 0 Å². The molecule has 4 heteroatoms. The molecule has 4 nitrogen and oxygen atoms in total. The van der Waals surface area contributed by atoms with Crippen LogP contribution in [0.25, 0.3) is 0 Å². The van der Waals surface area contributed by atoms with Gasteiger partial charge < -0.3 is 15.4 Å². The summed E-state index contributed by atoms with van der Waals surface area (Å²) in [4.78, 5) is 10.8. The molecule has 2 aliphatic rings. The van der Waals surface area contributed by atoms with Crippen molar-refractivity contribution in [3.8, 4) is 0 Å². The lowest BCUT2D eigenvalue weighted by Crippen LogP contribution is -2.73. The van der Waals surface area contributed by atoms with E-state index >= 15 is 0 Å². The van der Waals surface area contributed by atoms with Crippen LogP contribution in [0.4, 0.5) is 0 Å². The van der Waals surface area contributed by atoms with E-state index < -0.39 is 0 Å². The fourth-order valence-electron chi connectivity index (χ4n) is 1.32. The van der Waals surface area contributed by atoms with Crippen molar-refractivity contribution in [1.82, 2.24) is 10.6 Å². The van der Waals surface area contributed by atoms with Gasteiger partial charge in [0.05, 0.1) is 12.1 Å². The van der Waals surface area contributed by atoms with Gasteiger partial charge in [-0.25, -0.2) is 0 Å². The zero-order valence-electron chi connectivity index (χ0n) is 5.64. The lowest BCUT2D eigenvalue weighted by molar-refractivity contribution is -0.137. The minimum atomic E-state index is -0.0602. The monoisotopic (exact) mass is 142 g/mol. The summed E-state index contributed by atoms with van der Waals surface area (Å²) in [5.41, 5.74) is -0.0602. The van der Waals surface area contributed by atoms with E-state index in [1.165, 1.54) is 0 Å². The Hall–Kier alpha value is -0.610. The maximum atomic E-state index is 10.8. The minimum Gasteiger partial charge on any atom is -0.369 e. The lowest BCUT2D eigenvalue weighted by atomic mass is 9.92. The molecule has 2 N–H and O–H groups in total. The van der Waals surface area contributed by atoms with Crippen molar-refractivity contribution in [1.29, 1.82) is 0 Å². The van der Waals surface area contributed by atoms with Gasteiger partial charge in [-0.1, -0.05) is 0 Å². The second kappa shape index (κ2) is 1.93. The highest BCUT2D eigenvalue weighted by Gasteiger charge is 2.41. The number of ether oxygens (including phenoxy) is 1. The molecular formula is C6H10N2O2. The summed E-state index contributed by atoms with van der Waals surface area (Å²) in [6.45, 7) is 2.57. The fourth-order valence-corrected chi connectivity index (χ4v) is 1.32. The topological polar surface area (TPSA) is 50.4 Å². The maximum absolute atomic E-state index is 10.8. The van der Waals surface area contributed by atoms with Gasteiger partial charge in [0, 0.05) is 13.1 Å². The molecule has 2 saturated heterocycles. The average Bonchev–Trinajstić information content (AvgIpc) is 1.85. The molecule has 2 heterocycles. The highest BCUT2D eigenvalue weighted by atomic mass is 16.5. The lowest BCUT2D eigenvalue weighted by Gasteiger charge is -2.45. The first-order valence-electron chi connectivity index (χ1n) is 3.40. The van der Waals surface area contributed by atoms with Crippen molar-refractivity contribution >= 4 is 5.91 Å². The Labute approximate surface area is 58.9 Å². The predicted molar refractivity (Wildman–Crippen MR) is 34.6 cm³/mol. The van der Waals surface area contributed by atoms with Gasteiger partial charge in [-0.3, -0.25) is 4.79 Å². The molecule has 10 heavy (non-hydrogen) atoms.